The van der Waals surface area contributed by atoms with Crippen molar-refractivity contribution in [3.05, 3.63) is 0 Å². The smallest absolute Gasteiger partial charge is 0.406 e. The first-order valence-corrected chi connectivity index (χ1v) is 3.24. The third-order valence-corrected chi connectivity index (χ3v) is 1.04. The predicted octanol–water partition coefficient (Wildman–Crippen LogP) is 0.115. The molecule has 0 aromatic rings. The van der Waals surface area contributed by atoms with Crippen LogP contribution in [0.25, 0.3) is 0 Å². The van der Waals surface area contributed by atoms with Gasteiger partial charge in [0.15, 0.2) is 0 Å². The Morgan fingerprint density at radius 3 is 2.80 bits per heavy atom. The average molecular weight is 147 g/mol. The SMILES string of the molecule is COC(=O)NCCCCO. The molecule has 1 amide bonds. The van der Waals surface area contributed by atoms with Gasteiger partial charge in [-0.05, 0) is 12.8 Å². The van der Waals surface area contributed by atoms with Gasteiger partial charge in [0, 0.05) is 13.2 Å². The molecule has 0 spiro atoms. The summed E-state index contributed by atoms with van der Waals surface area (Å²) in [6.45, 7) is 0.732. The zero-order valence-electron chi connectivity index (χ0n) is 6.09. The number of aliphatic hydroxyl groups is 1. The van der Waals surface area contributed by atoms with Gasteiger partial charge < -0.3 is 15.2 Å². The Morgan fingerprint density at radius 1 is 1.60 bits per heavy atom. The number of methoxy groups -OCH3 is 1. The van der Waals surface area contributed by atoms with Crippen LogP contribution in [0.5, 0.6) is 0 Å². The van der Waals surface area contributed by atoms with Gasteiger partial charge in [0.05, 0.1) is 7.11 Å². The first-order valence-electron chi connectivity index (χ1n) is 3.24. The van der Waals surface area contributed by atoms with Gasteiger partial charge in [-0.15, -0.1) is 0 Å². The second-order valence-corrected chi connectivity index (χ2v) is 1.85. The molecule has 60 valence electrons. The van der Waals surface area contributed by atoms with E-state index in [1.165, 1.54) is 7.11 Å². The van der Waals surface area contributed by atoms with Crippen molar-refractivity contribution in [3.8, 4) is 0 Å². The number of alkyl carbamates (subject to hydrolysis) is 1. The minimum atomic E-state index is -0.419. The van der Waals surface area contributed by atoms with Gasteiger partial charge in [-0.2, -0.15) is 0 Å². The van der Waals surface area contributed by atoms with E-state index in [1.807, 2.05) is 0 Å². The van der Waals surface area contributed by atoms with Crippen LogP contribution in [-0.4, -0.2) is 31.5 Å². The van der Waals surface area contributed by atoms with Crippen LogP contribution in [-0.2, 0) is 4.74 Å². The highest BCUT2D eigenvalue weighted by Gasteiger charge is 1.94. The molecule has 0 atom stereocenters. The predicted molar refractivity (Wildman–Crippen MR) is 36.7 cm³/mol. The summed E-state index contributed by atoms with van der Waals surface area (Å²) in [4.78, 5) is 10.4. The number of rotatable bonds is 4. The molecule has 0 bridgehead atoms. The maximum Gasteiger partial charge on any atom is 0.406 e. The van der Waals surface area contributed by atoms with Crippen LogP contribution in [0.2, 0.25) is 0 Å². The van der Waals surface area contributed by atoms with Crippen molar-refractivity contribution in [3.63, 3.8) is 0 Å². The van der Waals surface area contributed by atoms with Gasteiger partial charge in [-0.1, -0.05) is 0 Å². The Hall–Kier alpha value is -0.770. The molecule has 0 fully saturated rings. The summed E-state index contributed by atoms with van der Waals surface area (Å²) in [6, 6.07) is 0. The lowest BCUT2D eigenvalue weighted by Crippen LogP contribution is -2.24. The Kier molecular flexibility index (Phi) is 5.86. The summed E-state index contributed by atoms with van der Waals surface area (Å²) in [5.41, 5.74) is 0. The van der Waals surface area contributed by atoms with E-state index in [0.717, 1.165) is 6.42 Å². The molecule has 2 N–H and O–H groups in total. The lowest BCUT2D eigenvalue weighted by Gasteiger charge is -2.00. The second-order valence-electron chi connectivity index (χ2n) is 1.85. The number of carbonyl (C=O) groups excluding carboxylic acids is 1. The molecule has 0 aromatic carbocycles. The molecular weight excluding hydrogens is 134 g/mol. The molecule has 0 saturated heterocycles. The number of ether oxygens (including phenoxy) is 1. The van der Waals surface area contributed by atoms with Crippen LogP contribution < -0.4 is 5.32 Å². The van der Waals surface area contributed by atoms with Gasteiger partial charge in [-0.3, -0.25) is 0 Å². The van der Waals surface area contributed by atoms with E-state index >= 15 is 0 Å². The van der Waals surface area contributed by atoms with Crippen molar-refractivity contribution in [2.45, 2.75) is 12.8 Å². The topological polar surface area (TPSA) is 58.6 Å². The van der Waals surface area contributed by atoms with Crippen LogP contribution in [0.1, 0.15) is 12.8 Å². The minimum absolute atomic E-state index is 0.169. The van der Waals surface area contributed by atoms with Crippen molar-refractivity contribution in [2.24, 2.45) is 0 Å². The highest BCUT2D eigenvalue weighted by atomic mass is 16.5. The summed E-state index contributed by atoms with van der Waals surface area (Å²) in [7, 11) is 1.32. The highest BCUT2D eigenvalue weighted by molar-refractivity contribution is 5.66. The van der Waals surface area contributed by atoms with E-state index in [2.05, 4.69) is 10.1 Å². The molecule has 0 aliphatic rings. The normalized spacial score (nSPS) is 9.00. The number of hydrogen-bond acceptors (Lipinski definition) is 3. The first-order chi connectivity index (χ1) is 4.81. The molecule has 0 saturated carbocycles. The highest BCUT2D eigenvalue weighted by Crippen LogP contribution is 1.83. The lowest BCUT2D eigenvalue weighted by molar-refractivity contribution is 0.170. The molecule has 0 rings (SSSR count). The number of amides is 1. The number of carbonyl (C=O) groups is 1. The largest absolute Gasteiger partial charge is 0.453 e. The van der Waals surface area contributed by atoms with E-state index < -0.39 is 6.09 Å². The van der Waals surface area contributed by atoms with E-state index in [4.69, 9.17) is 5.11 Å². The summed E-state index contributed by atoms with van der Waals surface area (Å²) < 4.78 is 4.32. The van der Waals surface area contributed by atoms with Gasteiger partial charge in [0.1, 0.15) is 0 Å². The van der Waals surface area contributed by atoms with Crippen molar-refractivity contribution in [1.82, 2.24) is 5.32 Å². The quantitative estimate of drug-likeness (QED) is 0.555. The van der Waals surface area contributed by atoms with Gasteiger partial charge in [0.2, 0.25) is 0 Å². The Balaban J connectivity index is 2.96. The summed E-state index contributed by atoms with van der Waals surface area (Å²) >= 11 is 0. The van der Waals surface area contributed by atoms with Gasteiger partial charge in [-0.25, -0.2) is 4.79 Å². The number of aliphatic hydroxyl groups excluding tert-OH is 1. The molecule has 0 heterocycles. The van der Waals surface area contributed by atoms with Crippen LogP contribution in [0.4, 0.5) is 4.79 Å². The summed E-state index contributed by atoms with van der Waals surface area (Å²) in [6.07, 6.45) is 1.08. The van der Waals surface area contributed by atoms with Gasteiger partial charge >= 0.3 is 6.09 Å². The Labute approximate surface area is 60.2 Å². The summed E-state index contributed by atoms with van der Waals surface area (Å²) in [5.74, 6) is 0. The van der Waals surface area contributed by atoms with Crippen LogP contribution >= 0.6 is 0 Å². The number of nitrogens with one attached hydrogen (secondary N) is 1. The Morgan fingerprint density at radius 2 is 2.30 bits per heavy atom. The minimum Gasteiger partial charge on any atom is -0.453 e. The molecule has 4 nitrogen and oxygen atoms in total. The van der Waals surface area contributed by atoms with E-state index in [9.17, 15) is 4.79 Å². The van der Waals surface area contributed by atoms with Crippen molar-refractivity contribution < 1.29 is 14.6 Å². The maximum atomic E-state index is 10.4. The van der Waals surface area contributed by atoms with Crippen LogP contribution in [0.15, 0.2) is 0 Å². The first kappa shape index (κ1) is 9.23. The lowest BCUT2D eigenvalue weighted by atomic mass is 10.3. The Bertz CT molecular complexity index is 95.0. The maximum absolute atomic E-state index is 10.4. The second kappa shape index (κ2) is 6.35. The fraction of sp³-hybridized carbons (Fsp3) is 0.833. The molecule has 0 radical (unpaired) electrons. The van der Waals surface area contributed by atoms with Crippen molar-refractivity contribution >= 4 is 6.09 Å². The van der Waals surface area contributed by atoms with E-state index in [-0.39, 0.29) is 6.61 Å². The molecule has 4 heteroatoms. The standard InChI is InChI=1S/C6H13NO3/c1-10-6(9)7-4-2-3-5-8/h8H,2-5H2,1H3,(H,7,9). The van der Waals surface area contributed by atoms with E-state index in [1.54, 1.807) is 0 Å². The molecule has 0 unspecified atom stereocenters. The third kappa shape index (κ3) is 5.37. The molecule has 0 aliphatic carbocycles. The average Bonchev–Trinajstić information content (AvgIpc) is 1.98. The van der Waals surface area contributed by atoms with Gasteiger partial charge in [0.25, 0.3) is 0 Å². The molecular formula is C6H13NO3. The molecule has 0 aromatic heterocycles. The van der Waals surface area contributed by atoms with Crippen molar-refractivity contribution in [1.29, 1.82) is 0 Å². The fourth-order valence-corrected chi connectivity index (χ4v) is 0.499. The molecule has 0 aliphatic heterocycles. The summed E-state index contributed by atoms with van der Waals surface area (Å²) in [5, 5.41) is 10.8. The zero-order valence-corrected chi connectivity index (χ0v) is 6.09. The fourth-order valence-electron chi connectivity index (χ4n) is 0.499. The number of unbranched alkanes of at least 4 members (excludes halogenated alkanes) is 1. The number of hydrogen-bond donors (Lipinski definition) is 2. The van der Waals surface area contributed by atoms with Crippen LogP contribution in [0.3, 0.4) is 0 Å². The molecule has 10 heavy (non-hydrogen) atoms. The van der Waals surface area contributed by atoms with E-state index in [0.29, 0.717) is 13.0 Å². The van der Waals surface area contributed by atoms with Crippen molar-refractivity contribution in [2.75, 3.05) is 20.3 Å². The third-order valence-electron chi connectivity index (χ3n) is 1.04. The monoisotopic (exact) mass is 147 g/mol. The van der Waals surface area contributed by atoms with Crippen LogP contribution in [0, 0.1) is 0 Å². The zero-order chi connectivity index (χ0) is 7.82.